The molecular formula is C20H23N3O6. The molecule has 9 heteroatoms. The lowest BCUT2D eigenvalue weighted by Crippen LogP contribution is -2.35. The monoisotopic (exact) mass is 401 g/mol. The second-order valence-electron chi connectivity index (χ2n) is 6.16. The SMILES string of the molecule is COCCNc1ccc(C(=O)O[C@@H](C)C(=O)NCc2ccccc2)cc1[N+](=O)[O-]. The zero-order valence-electron chi connectivity index (χ0n) is 16.2. The summed E-state index contributed by atoms with van der Waals surface area (Å²) in [7, 11) is 1.52. The normalized spacial score (nSPS) is 11.4. The van der Waals surface area contributed by atoms with Gasteiger partial charge in [0.2, 0.25) is 0 Å². The number of nitro benzene ring substituents is 1. The molecule has 0 saturated carbocycles. The van der Waals surface area contributed by atoms with Crippen LogP contribution in [0.2, 0.25) is 0 Å². The van der Waals surface area contributed by atoms with Crippen LogP contribution in [-0.4, -0.2) is 43.2 Å². The molecule has 9 nitrogen and oxygen atoms in total. The molecule has 2 rings (SSSR count). The Morgan fingerprint density at radius 1 is 1.17 bits per heavy atom. The smallest absolute Gasteiger partial charge is 0.339 e. The quantitative estimate of drug-likeness (QED) is 0.272. The van der Waals surface area contributed by atoms with Crippen molar-refractivity contribution in [1.82, 2.24) is 5.32 Å². The van der Waals surface area contributed by atoms with Crippen LogP contribution in [0.1, 0.15) is 22.8 Å². The average Bonchev–Trinajstić information content (AvgIpc) is 2.72. The minimum atomic E-state index is -1.05. The summed E-state index contributed by atoms with van der Waals surface area (Å²) >= 11 is 0. The Morgan fingerprint density at radius 2 is 1.90 bits per heavy atom. The van der Waals surface area contributed by atoms with Crippen LogP contribution < -0.4 is 10.6 Å². The van der Waals surface area contributed by atoms with Gasteiger partial charge in [-0.05, 0) is 24.6 Å². The highest BCUT2D eigenvalue weighted by atomic mass is 16.6. The van der Waals surface area contributed by atoms with Crippen LogP contribution in [0.4, 0.5) is 11.4 Å². The molecule has 2 aromatic carbocycles. The number of hydrogen-bond donors (Lipinski definition) is 2. The first kappa shape index (κ1) is 21.8. The van der Waals surface area contributed by atoms with Gasteiger partial charge in [-0.3, -0.25) is 14.9 Å². The third-order valence-corrected chi connectivity index (χ3v) is 4.01. The topological polar surface area (TPSA) is 120 Å². The molecule has 2 N–H and O–H groups in total. The molecule has 0 aliphatic heterocycles. The Morgan fingerprint density at radius 3 is 2.55 bits per heavy atom. The van der Waals surface area contributed by atoms with Crippen LogP contribution in [0, 0.1) is 10.1 Å². The summed E-state index contributed by atoms with van der Waals surface area (Å²) in [5, 5.41) is 16.8. The molecule has 1 atom stereocenters. The van der Waals surface area contributed by atoms with Crippen molar-refractivity contribution in [1.29, 1.82) is 0 Å². The molecule has 0 radical (unpaired) electrons. The predicted molar refractivity (Wildman–Crippen MR) is 107 cm³/mol. The van der Waals surface area contributed by atoms with Gasteiger partial charge in [0, 0.05) is 26.3 Å². The molecule has 0 fully saturated rings. The number of benzene rings is 2. The highest BCUT2D eigenvalue weighted by Crippen LogP contribution is 2.26. The number of rotatable bonds is 10. The number of nitro groups is 1. The number of hydrogen-bond acceptors (Lipinski definition) is 7. The van der Waals surface area contributed by atoms with E-state index in [1.807, 2.05) is 30.3 Å². The van der Waals surface area contributed by atoms with Crippen molar-refractivity contribution < 1.29 is 24.0 Å². The number of methoxy groups -OCH3 is 1. The molecule has 154 valence electrons. The predicted octanol–water partition coefficient (Wildman–Crippen LogP) is 2.51. The van der Waals surface area contributed by atoms with Gasteiger partial charge in [-0.15, -0.1) is 0 Å². The number of carbonyl (C=O) groups excluding carboxylic acids is 2. The van der Waals surface area contributed by atoms with Gasteiger partial charge in [-0.1, -0.05) is 30.3 Å². The second-order valence-corrected chi connectivity index (χ2v) is 6.16. The van der Waals surface area contributed by atoms with Crippen LogP contribution in [0.25, 0.3) is 0 Å². The highest BCUT2D eigenvalue weighted by molar-refractivity contribution is 5.93. The van der Waals surface area contributed by atoms with Crippen molar-refractivity contribution in [3.63, 3.8) is 0 Å². The van der Waals surface area contributed by atoms with Crippen molar-refractivity contribution in [3.05, 3.63) is 69.8 Å². The van der Waals surface area contributed by atoms with E-state index in [0.717, 1.165) is 11.6 Å². The molecule has 0 unspecified atom stereocenters. The largest absolute Gasteiger partial charge is 0.449 e. The highest BCUT2D eigenvalue weighted by Gasteiger charge is 2.22. The van der Waals surface area contributed by atoms with Gasteiger partial charge >= 0.3 is 5.97 Å². The summed E-state index contributed by atoms with van der Waals surface area (Å²) < 4.78 is 10.0. The minimum absolute atomic E-state index is 0.0169. The Balaban J connectivity index is 1.98. The standard InChI is InChI=1S/C20H23N3O6/c1-14(19(24)22-13-15-6-4-3-5-7-15)29-20(25)16-8-9-17(21-10-11-28-2)18(12-16)23(26)27/h3-9,12,14,21H,10-11,13H2,1-2H3,(H,22,24)/t14-/m0/s1. The molecule has 29 heavy (non-hydrogen) atoms. The molecule has 0 aromatic heterocycles. The summed E-state index contributed by atoms with van der Waals surface area (Å²) in [6.07, 6.45) is -1.05. The first-order chi connectivity index (χ1) is 13.9. The maximum Gasteiger partial charge on any atom is 0.339 e. The molecule has 0 aliphatic carbocycles. The maximum absolute atomic E-state index is 12.3. The molecule has 1 amide bonds. The first-order valence-electron chi connectivity index (χ1n) is 8.96. The van der Waals surface area contributed by atoms with E-state index in [1.165, 1.54) is 26.2 Å². The average molecular weight is 401 g/mol. The van der Waals surface area contributed by atoms with Crippen molar-refractivity contribution in [2.75, 3.05) is 25.6 Å². The number of anilines is 1. The van der Waals surface area contributed by atoms with Crippen molar-refractivity contribution in [3.8, 4) is 0 Å². The first-order valence-corrected chi connectivity index (χ1v) is 8.96. The van der Waals surface area contributed by atoms with Gasteiger partial charge < -0.3 is 20.1 Å². The Labute approximate surface area is 168 Å². The molecule has 0 aliphatic rings. The van der Waals surface area contributed by atoms with Gasteiger partial charge in [0.25, 0.3) is 11.6 Å². The van der Waals surface area contributed by atoms with E-state index >= 15 is 0 Å². The molecule has 0 heterocycles. The number of nitrogens with one attached hydrogen (secondary N) is 2. The van der Waals surface area contributed by atoms with E-state index in [2.05, 4.69) is 10.6 Å². The third-order valence-electron chi connectivity index (χ3n) is 4.01. The summed E-state index contributed by atoms with van der Waals surface area (Å²) in [5.74, 6) is -1.28. The Hall–Kier alpha value is -3.46. The Kier molecular flexibility index (Phi) is 8.11. The molecule has 0 bridgehead atoms. The van der Waals surface area contributed by atoms with Crippen molar-refractivity contribution >= 4 is 23.3 Å². The minimum Gasteiger partial charge on any atom is -0.449 e. The van der Waals surface area contributed by atoms with Crippen molar-refractivity contribution in [2.24, 2.45) is 0 Å². The summed E-state index contributed by atoms with van der Waals surface area (Å²) in [4.78, 5) is 35.2. The van der Waals surface area contributed by atoms with Crippen LogP contribution in [0.3, 0.4) is 0 Å². The molecule has 0 spiro atoms. The second kappa shape index (κ2) is 10.8. The van der Waals surface area contributed by atoms with Gasteiger partial charge in [0.05, 0.1) is 17.1 Å². The lowest BCUT2D eigenvalue weighted by Gasteiger charge is -2.14. The number of nitrogens with zero attached hydrogens (tertiary/aromatic N) is 1. The number of ether oxygens (including phenoxy) is 2. The van der Waals surface area contributed by atoms with Gasteiger partial charge in [0.1, 0.15) is 5.69 Å². The molecule has 2 aromatic rings. The van der Waals surface area contributed by atoms with E-state index in [-0.39, 0.29) is 16.9 Å². The van der Waals surface area contributed by atoms with E-state index in [4.69, 9.17) is 9.47 Å². The van der Waals surface area contributed by atoms with Crippen LogP contribution in [0.5, 0.6) is 0 Å². The van der Waals surface area contributed by atoms with Gasteiger partial charge in [-0.25, -0.2) is 4.79 Å². The number of esters is 1. The number of carbonyl (C=O) groups is 2. The maximum atomic E-state index is 12.3. The van der Waals surface area contributed by atoms with Gasteiger partial charge in [0.15, 0.2) is 6.10 Å². The lowest BCUT2D eigenvalue weighted by atomic mass is 10.1. The zero-order chi connectivity index (χ0) is 21.2. The lowest BCUT2D eigenvalue weighted by molar-refractivity contribution is -0.384. The van der Waals surface area contributed by atoms with Crippen LogP contribution in [0.15, 0.2) is 48.5 Å². The van der Waals surface area contributed by atoms with Gasteiger partial charge in [-0.2, -0.15) is 0 Å². The fourth-order valence-electron chi connectivity index (χ4n) is 2.46. The fourth-order valence-corrected chi connectivity index (χ4v) is 2.46. The number of amides is 1. The fraction of sp³-hybridized carbons (Fsp3) is 0.300. The molecular weight excluding hydrogens is 378 g/mol. The van der Waals surface area contributed by atoms with E-state index in [0.29, 0.717) is 19.7 Å². The Bertz CT molecular complexity index is 857. The zero-order valence-corrected chi connectivity index (χ0v) is 16.2. The van der Waals surface area contributed by atoms with E-state index < -0.39 is 22.9 Å². The van der Waals surface area contributed by atoms with Crippen LogP contribution >= 0.6 is 0 Å². The molecule has 0 saturated heterocycles. The van der Waals surface area contributed by atoms with Crippen molar-refractivity contribution in [2.45, 2.75) is 19.6 Å². The summed E-state index contributed by atoms with van der Waals surface area (Å²) in [6, 6.07) is 13.2. The summed E-state index contributed by atoms with van der Waals surface area (Å²) in [5.41, 5.74) is 0.886. The third kappa shape index (κ3) is 6.58. The van der Waals surface area contributed by atoms with Crippen LogP contribution in [-0.2, 0) is 20.8 Å². The summed E-state index contributed by atoms with van der Waals surface area (Å²) in [6.45, 7) is 2.48. The van der Waals surface area contributed by atoms with E-state index in [1.54, 1.807) is 0 Å². The van der Waals surface area contributed by atoms with E-state index in [9.17, 15) is 19.7 Å².